The Kier molecular flexibility index (Phi) is 7.85. The van der Waals surface area contributed by atoms with Crippen molar-refractivity contribution in [3.8, 4) is 11.1 Å². The molecule has 3 aromatic rings. The van der Waals surface area contributed by atoms with E-state index in [2.05, 4.69) is 5.32 Å². The number of amides is 1. The molecule has 1 atom stereocenters. The van der Waals surface area contributed by atoms with Crippen LogP contribution in [0, 0.1) is 11.6 Å². The summed E-state index contributed by atoms with van der Waals surface area (Å²) in [6.45, 7) is 6.33. The number of alkyl carbamates (subject to hydrolysis) is 1. The molecule has 0 aliphatic rings. The first kappa shape index (κ1) is 27.3. The van der Waals surface area contributed by atoms with E-state index in [0.717, 1.165) is 12.1 Å². The van der Waals surface area contributed by atoms with Crippen LogP contribution in [-0.2, 0) is 25.9 Å². The van der Waals surface area contributed by atoms with Gasteiger partial charge in [0.1, 0.15) is 17.2 Å². The maximum atomic E-state index is 14.1. The molecular weight excluding hydrogens is 488 g/mol. The Labute approximate surface area is 209 Å². The van der Waals surface area contributed by atoms with Gasteiger partial charge in [-0.1, -0.05) is 36.4 Å². The molecule has 1 unspecified atom stereocenters. The van der Waals surface area contributed by atoms with Crippen LogP contribution in [0.1, 0.15) is 38.8 Å². The van der Waals surface area contributed by atoms with Gasteiger partial charge in [-0.3, -0.25) is 0 Å². The van der Waals surface area contributed by atoms with E-state index in [4.69, 9.17) is 4.74 Å². The van der Waals surface area contributed by atoms with Crippen LogP contribution in [0.4, 0.5) is 13.6 Å². The second kappa shape index (κ2) is 10.4. The average Bonchev–Trinajstić information content (AvgIpc) is 2.77. The molecule has 1 amide bonds. The monoisotopic (exact) mass is 517 g/mol. The number of halogens is 2. The molecule has 0 spiro atoms. The molecule has 0 radical (unpaired) electrons. The lowest BCUT2D eigenvalue weighted by Gasteiger charge is -2.31. The highest BCUT2D eigenvalue weighted by molar-refractivity contribution is 7.90. The molecule has 0 aliphatic heterocycles. The molecule has 6 nitrogen and oxygen atoms in total. The number of benzene rings is 3. The van der Waals surface area contributed by atoms with E-state index < -0.39 is 45.3 Å². The van der Waals surface area contributed by atoms with Crippen LogP contribution >= 0.6 is 0 Å². The third-order valence-corrected chi connectivity index (χ3v) is 7.17. The summed E-state index contributed by atoms with van der Waals surface area (Å²) in [5, 5.41) is 12.7. The highest BCUT2D eigenvalue weighted by Gasteiger charge is 2.31. The van der Waals surface area contributed by atoms with E-state index >= 15 is 0 Å². The van der Waals surface area contributed by atoms with Gasteiger partial charge < -0.3 is 15.2 Å². The van der Waals surface area contributed by atoms with Crippen LogP contribution in [0.15, 0.2) is 71.6 Å². The SMILES string of the molecule is CC(C)(C)OC(=O)NC(C)(CO)c1cccc(CS(=O)(=O)c2ccc(-c3ccc(F)cc3F)cc2)c1. The molecule has 2 N–H and O–H groups in total. The van der Waals surface area contributed by atoms with Crippen molar-refractivity contribution < 1.29 is 31.8 Å². The molecule has 0 heterocycles. The van der Waals surface area contributed by atoms with E-state index in [1.807, 2.05) is 0 Å². The fourth-order valence-corrected chi connectivity index (χ4v) is 4.94. The lowest BCUT2D eigenvalue weighted by molar-refractivity contribution is 0.0411. The summed E-state index contributed by atoms with van der Waals surface area (Å²) in [5.74, 6) is -1.77. The number of carbonyl (C=O) groups excluding carboxylic acids is 1. The number of hydrogen-bond donors (Lipinski definition) is 2. The number of hydrogen-bond acceptors (Lipinski definition) is 5. The molecule has 192 valence electrons. The van der Waals surface area contributed by atoms with Gasteiger partial charge in [0, 0.05) is 11.6 Å². The van der Waals surface area contributed by atoms with E-state index in [1.165, 1.54) is 30.3 Å². The van der Waals surface area contributed by atoms with Crippen LogP contribution < -0.4 is 5.32 Å². The summed E-state index contributed by atoms with van der Waals surface area (Å²) in [6.07, 6.45) is -0.713. The molecule has 0 saturated heterocycles. The van der Waals surface area contributed by atoms with Crippen molar-refractivity contribution in [3.05, 3.63) is 89.5 Å². The topological polar surface area (TPSA) is 92.7 Å². The molecule has 0 fully saturated rings. The predicted octanol–water partition coefficient (Wildman–Crippen LogP) is 5.34. The van der Waals surface area contributed by atoms with Gasteiger partial charge >= 0.3 is 6.09 Å². The maximum Gasteiger partial charge on any atom is 0.408 e. The Morgan fingerprint density at radius 2 is 1.64 bits per heavy atom. The third kappa shape index (κ3) is 6.67. The average molecular weight is 518 g/mol. The van der Waals surface area contributed by atoms with Crippen LogP contribution in [0.5, 0.6) is 0 Å². The summed E-state index contributed by atoms with van der Waals surface area (Å²) in [5.41, 5.74) is -0.399. The zero-order chi connectivity index (χ0) is 26.7. The molecule has 0 saturated carbocycles. The first-order chi connectivity index (χ1) is 16.7. The number of ether oxygens (including phenoxy) is 1. The zero-order valence-corrected chi connectivity index (χ0v) is 21.3. The van der Waals surface area contributed by atoms with Gasteiger partial charge in [0.05, 0.1) is 22.8 Å². The van der Waals surface area contributed by atoms with Crippen molar-refractivity contribution in [2.75, 3.05) is 6.61 Å². The molecule has 36 heavy (non-hydrogen) atoms. The maximum absolute atomic E-state index is 14.1. The van der Waals surface area contributed by atoms with Crippen molar-refractivity contribution in [2.24, 2.45) is 0 Å². The quantitative estimate of drug-likeness (QED) is 0.442. The molecule has 0 aliphatic carbocycles. The first-order valence-electron chi connectivity index (χ1n) is 11.2. The van der Waals surface area contributed by atoms with Gasteiger partial charge in [0.15, 0.2) is 9.84 Å². The van der Waals surface area contributed by atoms with Crippen LogP contribution in [-0.4, -0.2) is 31.8 Å². The van der Waals surface area contributed by atoms with Gasteiger partial charge in [-0.15, -0.1) is 0 Å². The highest BCUT2D eigenvalue weighted by Crippen LogP contribution is 2.27. The normalized spacial score (nSPS) is 13.6. The Morgan fingerprint density at radius 3 is 2.22 bits per heavy atom. The van der Waals surface area contributed by atoms with Crippen molar-refractivity contribution >= 4 is 15.9 Å². The standard InChI is InChI=1S/C27H29F2NO5S/c1-26(2,3)35-25(32)30-27(4,17-31)20-7-5-6-18(14-20)16-36(33,34)22-11-8-19(9-12-22)23-13-10-21(28)15-24(23)29/h5-15,31H,16-17H2,1-4H3,(H,30,32). The Morgan fingerprint density at radius 1 is 0.972 bits per heavy atom. The van der Waals surface area contributed by atoms with Crippen LogP contribution in [0.2, 0.25) is 0 Å². The smallest absolute Gasteiger partial charge is 0.408 e. The van der Waals surface area contributed by atoms with Gasteiger partial charge in [0.2, 0.25) is 0 Å². The van der Waals surface area contributed by atoms with Gasteiger partial charge in [-0.05, 0) is 68.7 Å². The number of aliphatic hydroxyl groups excluding tert-OH is 1. The van der Waals surface area contributed by atoms with E-state index in [9.17, 15) is 27.1 Å². The van der Waals surface area contributed by atoms with Crippen molar-refractivity contribution in [2.45, 2.75) is 49.5 Å². The Bertz CT molecular complexity index is 1350. The summed E-state index contributed by atoms with van der Waals surface area (Å²) < 4.78 is 58.7. The van der Waals surface area contributed by atoms with Gasteiger partial charge in [-0.25, -0.2) is 22.0 Å². The number of sulfone groups is 1. The summed E-state index contributed by atoms with van der Waals surface area (Å²) in [4.78, 5) is 12.3. The fraction of sp³-hybridized carbons (Fsp3) is 0.296. The molecular formula is C27H29F2NO5S. The van der Waals surface area contributed by atoms with E-state index in [-0.39, 0.29) is 16.2 Å². The minimum absolute atomic E-state index is 0.0379. The fourth-order valence-electron chi connectivity index (χ4n) is 3.60. The van der Waals surface area contributed by atoms with Gasteiger partial charge in [-0.2, -0.15) is 0 Å². The van der Waals surface area contributed by atoms with Crippen molar-refractivity contribution in [1.82, 2.24) is 5.32 Å². The molecule has 3 rings (SSSR count). The molecule has 3 aromatic carbocycles. The lowest BCUT2D eigenvalue weighted by Crippen LogP contribution is -2.48. The van der Waals surface area contributed by atoms with Crippen molar-refractivity contribution in [1.29, 1.82) is 0 Å². The molecule has 9 heteroatoms. The Hall–Kier alpha value is -3.30. The van der Waals surface area contributed by atoms with E-state index in [1.54, 1.807) is 52.0 Å². The van der Waals surface area contributed by atoms with Crippen molar-refractivity contribution in [3.63, 3.8) is 0 Å². The predicted molar refractivity (Wildman–Crippen MR) is 133 cm³/mol. The number of aliphatic hydroxyl groups is 1. The van der Waals surface area contributed by atoms with Crippen LogP contribution in [0.25, 0.3) is 11.1 Å². The second-order valence-corrected chi connectivity index (χ2v) is 11.7. The Balaban J connectivity index is 1.82. The first-order valence-corrected chi connectivity index (χ1v) is 12.9. The lowest BCUT2D eigenvalue weighted by atomic mass is 9.92. The summed E-state index contributed by atoms with van der Waals surface area (Å²) in [6, 6.07) is 15.4. The molecule has 0 bridgehead atoms. The van der Waals surface area contributed by atoms with Crippen LogP contribution in [0.3, 0.4) is 0 Å². The zero-order valence-electron chi connectivity index (χ0n) is 20.5. The second-order valence-electron chi connectivity index (χ2n) is 9.73. The summed E-state index contributed by atoms with van der Waals surface area (Å²) >= 11 is 0. The van der Waals surface area contributed by atoms with E-state index in [0.29, 0.717) is 16.7 Å². The number of nitrogens with one attached hydrogen (secondary N) is 1. The number of carbonyl (C=O) groups is 1. The molecule has 0 aromatic heterocycles. The van der Waals surface area contributed by atoms with Gasteiger partial charge in [0.25, 0.3) is 0 Å². The number of rotatable bonds is 7. The summed E-state index contributed by atoms with van der Waals surface area (Å²) in [7, 11) is -3.77. The minimum Gasteiger partial charge on any atom is -0.444 e. The largest absolute Gasteiger partial charge is 0.444 e. The third-order valence-electron chi connectivity index (χ3n) is 5.47. The highest BCUT2D eigenvalue weighted by atomic mass is 32.2. The minimum atomic E-state index is -3.77.